The molecule has 0 radical (unpaired) electrons. The van der Waals surface area contributed by atoms with Crippen molar-refractivity contribution < 1.29 is 18.4 Å². The molecule has 31 heavy (non-hydrogen) atoms. The Labute approximate surface area is 177 Å². The maximum Gasteiger partial charge on any atom is 0.241 e. The van der Waals surface area contributed by atoms with E-state index in [1.54, 1.807) is 24.4 Å². The summed E-state index contributed by atoms with van der Waals surface area (Å²) in [6.07, 6.45) is 3.09. The van der Waals surface area contributed by atoms with E-state index in [4.69, 9.17) is 9.26 Å². The third kappa shape index (κ3) is 4.75. The van der Waals surface area contributed by atoms with Crippen molar-refractivity contribution in [1.29, 1.82) is 0 Å². The van der Waals surface area contributed by atoms with Crippen LogP contribution >= 0.6 is 0 Å². The van der Waals surface area contributed by atoms with E-state index in [-0.39, 0.29) is 24.0 Å². The summed E-state index contributed by atoms with van der Waals surface area (Å²) in [6, 6.07) is 14.8. The number of amides is 1. The summed E-state index contributed by atoms with van der Waals surface area (Å²) in [6.45, 7) is 2.44. The highest BCUT2D eigenvalue weighted by Gasteiger charge is 2.22. The van der Waals surface area contributed by atoms with Crippen molar-refractivity contribution in [3.05, 3.63) is 78.5 Å². The van der Waals surface area contributed by atoms with Gasteiger partial charge < -0.3 is 9.26 Å². The lowest BCUT2D eigenvalue weighted by Gasteiger charge is -2.07. The second-order valence-corrected chi connectivity index (χ2v) is 6.64. The summed E-state index contributed by atoms with van der Waals surface area (Å²) < 4.78 is 24.3. The van der Waals surface area contributed by atoms with Gasteiger partial charge in [-0.05, 0) is 55.0 Å². The standard InChI is InChI=1S/C23H19FN4O3/c1-2-30-18-5-3-4-15(12-18)13-20(29)27-23-21(19-10-11-25-14-26-19)22(28-31-23)16-6-8-17(24)9-7-16/h3-12,14H,2,13H2,1H3,(H,27,29). The van der Waals surface area contributed by atoms with Crippen molar-refractivity contribution in [2.45, 2.75) is 13.3 Å². The minimum atomic E-state index is -0.362. The normalized spacial score (nSPS) is 10.6. The number of benzene rings is 2. The topological polar surface area (TPSA) is 90.1 Å². The molecule has 0 aliphatic heterocycles. The number of carbonyl (C=O) groups excluding carboxylic acids is 1. The Morgan fingerprint density at radius 2 is 2.00 bits per heavy atom. The molecule has 0 fully saturated rings. The van der Waals surface area contributed by atoms with E-state index < -0.39 is 0 Å². The van der Waals surface area contributed by atoms with Crippen LogP contribution in [0.25, 0.3) is 22.5 Å². The highest BCUT2D eigenvalue weighted by Crippen LogP contribution is 2.36. The molecular weight excluding hydrogens is 399 g/mol. The van der Waals surface area contributed by atoms with Crippen molar-refractivity contribution in [2.24, 2.45) is 0 Å². The molecule has 0 aliphatic carbocycles. The van der Waals surface area contributed by atoms with Crippen LogP contribution in [0.2, 0.25) is 0 Å². The van der Waals surface area contributed by atoms with Crippen LogP contribution in [-0.2, 0) is 11.2 Å². The zero-order valence-electron chi connectivity index (χ0n) is 16.7. The molecule has 4 aromatic rings. The number of halogens is 1. The number of nitrogens with one attached hydrogen (secondary N) is 1. The van der Waals surface area contributed by atoms with Gasteiger partial charge in [0.05, 0.1) is 24.3 Å². The zero-order chi connectivity index (χ0) is 21.6. The summed E-state index contributed by atoms with van der Waals surface area (Å²) in [5.41, 5.74) is 2.87. The van der Waals surface area contributed by atoms with Gasteiger partial charge in [-0.25, -0.2) is 14.4 Å². The van der Waals surface area contributed by atoms with Gasteiger partial charge in [0.25, 0.3) is 0 Å². The number of ether oxygens (including phenoxy) is 1. The molecule has 1 amide bonds. The van der Waals surface area contributed by atoms with E-state index in [9.17, 15) is 9.18 Å². The maximum atomic E-state index is 13.4. The summed E-state index contributed by atoms with van der Waals surface area (Å²) in [7, 11) is 0. The fourth-order valence-electron chi connectivity index (χ4n) is 3.12. The maximum absolute atomic E-state index is 13.4. The molecule has 4 rings (SSSR count). The largest absolute Gasteiger partial charge is 0.494 e. The van der Waals surface area contributed by atoms with Gasteiger partial charge in [0.15, 0.2) is 0 Å². The Hall–Kier alpha value is -4.07. The van der Waals surface area contributed by atoms with Gasteiger partial charge in [0.2, 0.25) is 11.8 Å². The van der Waals surface area contributed by atoms with Crippen LogP contribution in [0.5, 0.6) is 5.75 Å². The Bertz CT molecular complexity index is 1180. The van der Waals surface area contributed by atoms with Crippen molar-refractivity contribution in [3.63, 3.8) is 0 Å². The minimum Gasteiger partial charge on any atom is -0.494 e. The summed E-state index contributed by atoms with van der Waals surface area (Å²) in [4.78, 5) is 20.9. The highest BCUT2D eigenvalue weighted by atomic mass is 19.1. The molecular formula is C23H19FN4O3. The Balaban J connectivity index is 1.63. The molecule has 0 spiro atoms. The van der Waals surface area contributed by atoms with Crippen LogP contribution in [0.4, 0.5) is 10.3 Å². The first-order valence-electron chi connectivity index (χ1n) is 9.67. The second kappa shape index (κ2) is 9.17. The van der Waals surface area contributed by atoms with Gasteiger partial charge in [0.1, 0.15) is 23.6 Å². The fourth-order valence-corrected chi connectivity index (χ4v) is 3.12. The van der Waals surface area contributed by atoms with Gasteiger partial charge in [-0.15, -0.1) is 0 Å². The van der Waals surface area contributed by atoms with Crippen LogP contribution in [0.3, 0.4) is 0 Å². The lowest BCUT2D eigenvalue weighted by Crippen LogP contribution is -2.14. The van der Waals surface area contributed by atoms with E-state index in [1.807, 2.05) is 31.2 Å². The minimum absolute atomic E-state index is 0.122. The molecule has 8 heteroatoms. The van der Waals surface area contributed by atoms with Crippen LogP contribution in [0.15, 0.2) is 71.6 Å². The van der Waals surface area contributed by atoms with Gasteiger partial charge in [-0.3, -0.25) is 10.1 Å². The van der Waals surface area contributed by atoms with Gasteiger partial charge in [-0.1, -0.05) is 17.3 Å². The van der Waals surface area contributed by atoms with Crippen molar-refractivity contribution in [3.8, 4) is 28.3 Å². The van der Waals surface area contributed by atoms with Crippen molar-refractivity contribution in [1.82, 2.24) is 15.1 Å². The SMILES string of the molecule is CCOc1cccc(CC(=O)Nc2onc(-c3ccc(F)cc3)c2-c2ccncn2)c1. The molecule has 0 bridgehead atoms. The van der Waals surface area contributed by atoms with Crippen molar-refractivity contribution >= 4 is 11.8 Å². The molecule has 7 nitrogen and oxygen atoms in total. The smallest absolute Gasteiger partial charge is 0.241 e. The van der Waals surface area contributed by atoms with Crippen LogP contribution in [-0.4, -0.2) is 27.6 Å². The summed E-state index contributed by atoms with van der Waals surface area (Å²) in [5.74, 6) is 0.209. The van der Waals surface area contributed by atoms with Gasteiger partial charge in [-0.2, -0.15) is 0 Å². The van der Waals surface area contributed by atoms with Crippen LogP contribution in [0.1, 0.15) is 12.5 Å². The van der Waals surface area contributed by atoms with Crippen LogP contribution < -0.4 is 10.1 Å². The predicted octanol–water partition coefficient (Wildman–Crippen LogP) is 4.52. The van der Waals surface area contributed by atoms with E-state index in [1.165, 1.54) is 18.5 Å². The molecule has 1 N–H and O–H groups in total. The molecule has 2 heterocycles. The molecule has 2 aromatic heterocycles. The first-order chi connectivity index (χ1) is 15.1. The van der Waals surface area contributed by atoms with Crippen LogP contribution in [0, 0.1) is 5.82 Å². The molecule has 0 saturated heterocycles. The molecule has 156 valence electrons. The molecule has 0 unspecified atom stereocenters. The zero-order valence-corrected chi connectivity index (χ0v) is 16.7. The van der Waals surface area contributed by atoms with E-state index in [2.05, 4.69) is 20.4 Å². The average molecular weight is 418 g/mol. The molecule has 0 atom stereocenters. The molecule has 0 saturated carbocycles. The molecule has 0 aliphatic rings. The summed E-state index contributed by atoms with van der Waals surface area (Å²) in [5, 5.41) is 6.87. The Morgan fingerprint density at radius 1 is 1.16 bits per heavy atom. The van der Waals surface area contributed by atoms with E-state index in [0.29, 0.717) is 34.9 Å². The predicted molar refractivity (Wildman–Crippen MR) is 113 cm³/mol. The number of carbonyl (C=O) groups is 1. The van der Waals surface area contributed by atoms with Gasteiger partial charge in [0, 0.05) is 11.8 Å². The van der Waals surface area contributed by atoms with E-state index >= 15 is 0 Å². The Morgan fingerprint density at radius 3 is 2.74 bits per heavy atom. The third-order valence-electron chi connectivity index (χ3n) is 4.47. The fraction of sp³-hybridized carbons (Fsp3) is 0.130. The lowest BCUT2D eigenvalue weighted by atomic mass is 10.0. The van der Waals surface area contributed by atoms with Gasteiger partial charge >= 0.3 is 0 Å². The quantitative estimate of drug-likeness (QED) is 0.475. The number of rotatable bonds is 7. The number of hydrogen-bond acceptors (Lipinski definition) is 6. The summed E-state index contributed by atoms with van der Waals surface area (Å²) >= 11 is 0. The van der Waals surface area contributed by atoms with Crippen molar-refractivity contribution in [2.75, 3.05) is 11.9 Å². The third-order valence-corrected chi connectivity index (χ3v) is 4.47. The first kappa shape index (κ1) is 20.2. The highest BCUT2D eigenvalue weighted by molar-refractivity contribution is 5.97. The number of nitrogens with zero attached hydrogens (tertiary/aromatic N) is 3. The first-order valence-corrected chi connectivity index (χ1v) is 9.67. The van der Waals surface area contributed by atoms with E-state index in [0.717, 1.165) is 5.56 Å². The lowest BCUT2D eigenvalue weighted by molar-refractivity contribution is -0.115. The number of hydrogen-bond donors (Lipinski definition) is 1. The number of aromatic nitrogens is 3. The Kier molecular flexibility index (Phi) is 5.98. The number of anilines is 1. The second-order valence-electron chi connectivity index (χ2n) is 6.64. The average Bonchev–Trinajstić information content (AvgIpc) is 3.18. The monoisotopic (exact) mass is 418 g/mol. The molecule has 2 aromatic carbocycles.